The Labute approximate surface area is 188 Å². The lowest BCUT2D eigenvalue weighted by molar-refractivity contribution is 0.000952. The first kappa shape index (κ1) is 22.0. The van der Waals surface area contributed by atoms with Gasteiger partial charge in [-0.15, -0.1) is 0 Å². The summed E-state index contributed by atoms with van der Waals surface area (Å²) in [5, 5.41) is 0.305. The summed E-state index contributed by atoms with van der Waals surface area (Å²) in [7, 11) is 0. The van der Waals surface area contributed by atoms with Crippen molar-refractivity contribution in [1.29, 1.82) is 0 Å². The maximum Gasteiger partial charge on any atom is 0.410 e. The summed E-state index contributed by atoms with van der Waals surface area (Å²) >= 11 is 6.32. The molecule has 0 radical (unpaired) electrons. The molecule has 0 aromatic carbocycles. The molecule has 0 unspecified atom stereocenters. The van der Waals surface area contributed by atoms with Crippen LogP contribution in [0, 0.1) is 0 Å². The van der Waals surface area contributed by atoms with Crippen molar-refractivity contribution >= 4 is 29.4 Å². The van der Waals surface area contributed by atoms with Crippen LogP contribution in [-0.4, -0.2) is 76.8 Å². The van der Waals surface area contributed by atoms with Gasteiger partial charge >= 0.3 is 6.09 Å². The third kappa shape index (κ3) is 4.27. The Morgan fingerprint density at radius 2 is 2.03 bits per heavy atom. The summed E-state index contributed by atoms with van der Waals surface area (Å²) < 4.78 is 11.6. The molecule has 4 rings (SSSR count). The van der Waals surface area contributed by atoms with Crippen LogP contribution in [0.4, 0.5) is 10.6 Å². The normalized spacial score (nSPS) is 23.1. The number of fused-ring (bicyclic) bond motifs is 2. The molecule has 31 heavy (non-hydrogen) atoms. The lowest BCUT2D eigenvalue weighted by Gasteiger charge is -2.40. The van der Waals surface area contributed by atoms with Crippen LogP contribution in [0.15, 0.2) is 6.07 Å². The molecule has 170 valence electrons. The quantitative estimate of drug-likeness (QED) is 0.609. The van der Waals surface area contributed by atoms with Gasteiger partial charge in [-0.1, -0.05) is 11.6 Å². The SMILES string of the molecule is CC(C)(C)OC(=O)N1CCN2C(=O)c3c(cc(Cl)nc3N3CCCC3(C)C)OC[C@H]2C1. The van der Waals surface area contributed by atoms with Gasteiger partial charge in [0.2, 0.25) is 0 Å². The molecule has 8 nitrogen and oxygen atoms in total. The van der Waals surface area contributed by atoms with Gasteiger partial charge in [-0.2, -0.15) is 0 Å². The van der Waals surface area contributed by atoms with Crippen molar-refractivity contribution in [3.05, 3.63) is 16.8 Å². The van der Waals surface area contributed by atoms with E-state index in [2.05, 4.69) is 23.7 Å². The molecule has 0 spiro atoms. The number of carbonyl (C=O) groups is 2. The van der Waals surface area contributed by atoms with Crippen LogP contribution in [-0.2, 0) is 4.74 Å². The average molecular weight is 451 g/mol. The fraction of sp³-hybridized carbons (Fsp3) is 0.682. The molecule has 2 amide bonds. The molecule has 0 aliphatic carbocycles. The lowest BCUT2D eigenvalue weighted by Crippen LogP contribution is -2.58. The average Bonchev–Trinajstić information content (AvgIpc) is 2.95. The largest absolute Gasteiger partial charge is 0.490 e. The summed E-state index contributed by atoms with van der Waals surface area (Å²) in [6, 6.07) is 1.35. The van der Waals surface area contributed by atoms with Crippen LogP contribution in [0.2, 0.25) is 5.15 Å². The fourth-order valence-corrected chi connectivity index (χ4v) is 4.76. The first-order valence-electron chi connectivity index (χ1n) is 10.9. The molecule has 3 aliphatic rings. The summed E-state index contributed by atoms with van der Waals surface area (Å²) in [5.41, 5.74) is -0.222. The minimum absolute atomic E-state index is 0.118. The lowest BCUT2D eigenvalue weighted by atomic mass is 10.0. The van der Waals surface area contributed by atoms with Crippen molar-refractivity contribution in [3.8, 4) is 5.75 Å². The Bertz CT molecular complexity index is 898. The van der Waals surface area contributed by atoms with E-state index in [4.69, 9.17) is 21.1 Å². The Kier molecular flexibility index (Phi) is 5.48. The highest BCUT2D eigenvalue weighted by Crippen LogP contribution is 2.40. The van der Waals surface area contributed by atoms with Gasteiger partial charge in [0.15, 0.2) is 0 Å². The van der Waals surface area contributed by atoms with Gasteiger partial charge in [0.1, 0.15) is 34.5 Å². The van der Waals surface area contributed by atoms with Crippen molar-refractivity contribution in [2.45, 2.75) is 64.6 Å². The molecule has 2 fully saturated rings. The highest BCUT2D eigenvalue weighted by atomic mass is 35.5. The number of halogens is 1. The summed E-state index contributed by atoms with van der Waals surface area (Å²) in [4.78, 5) is 36.4. The molecular formula is C22H31ClN4O4. The maximum absolute atomic E-state index is 13.7. The Morgan fingerprint density at radius 1 is 1.29 bits per heavy atom. The molecule has 1 aromatic heterocycles. The third-order valence-corrected chi connectivity index (χ3v) is 6.32. The number of pyridine rings is 1. The predicted molar refractivity (Wildman–Crippen MR) is 118 cm³/mol. The van der Waals surface area contributed by atoms with Crippen LogP contribution in [0.1, 0.15) is 57.8 Å². The zero-order valence-corrected chi connectivity index (χ0v) is 19.7. The highest BCUT2D eigenvalue weighted by molar-refractivity contribution is 6.30. The Morgan fingerprint density at radius 3 is 2.68 bits per heavy atom. The van der Waals surface area contributed by atoms with Gasteiger partial charge in [0.05, 0.1) is 6.04 Å². The van der Waals surface area contributed by atoms with E-state index in [0.29, 0.717) is 41.9 Å². The van der Waals surface area contributed by atoms with Crippen LogP contribution in [0.25, 0.3) is 0 Å². The number of amides is 2. The van der Waals surface area contributed by atoms with E-state index >= 15 is 0 Å². The molecule has 1 aromatic rings. The molecule has 0 N–H and O–H groups in total. The van der Waals surface area contributed by atoms with Gasteiger partial charge in [-0.05, 0) is 47.5 Å². The van der Waals surface area contributed by atoms with Gasteiger partial charge in [-0.3, -0.25) is 4.79 Å². The summed E-state index contributed by atoms with van der Waals surface area (Å²) in [5.74, 6) is 0.925. The molecule has 1 atom stereocenters. The monoisotopic (exact) mass is 450 g/mol. The van der Waals surface area contributed by atoms with E-state index in [0.717, 1.165) is 19.4 Å². The number of hydrogen-bond donors (Lipinski definition) is 0. The highest BCUT2D eigenvalue weighted by Gasteiger charge is 2.42. The predicted octanol–water partition coefficient (Wildman–Crippen LogP) is 3.57. The van der Waals surface area contributed by atoms with Crippen molar-refractivity contribution in [2.24, 2.45) is 0 Å². The molecule has 9 heteroatoms. The van der Waals surface area contributed by atoms with Gasteiger partial charge in [0, 0.05) is 37.8 Å². The second-order valence-corrected chi connectivity index (χ2v) is 10.5. The summed E-state index contributed by atoms with van der Waals surface area (Å²) in [6.45, 7) is 12.1. The van der Waals surface area contributed by atoms with Crippen molar-refractivity contribution in [1.82, 2.24) is 14.8 Å². The molecule has 0 bridgehead atoms. The van der Waals surface area contributed by atoms with E-state index in [9.17, 15) is 9.59 Å². The first-order chi connectivity index (χ1) is 14.5. The zero-order chi connectivity index (χ0) is 22.6. The van der Waals surface area contributed by atoms with E-state index in [1.165, 1.54) is 0 Å². The molecule has 3 aliphatic heterocycles. The third-order valence-electron chi connectivity index (χ3n) is 6.13. The minimum atomic E-state index is -0.569. The number of aromatic nitrogens is 1. The van der Waals surface area contributed by atoms with Crippen LogP contribution in [0.3, 0.4) is 0 Å². The zero-order valence-electron chi connectivity index (χ0n) is 18.9. The van der Waals surface area contributed by atoms with E-state index < -0.39 is 5.60 Å². The van der Waals surface area contributed by atoms with E-state index in [-0.39, 0.29) is 30.2 Å². The minimum Gasteiger partial charge on any atom is -0.490 e. The number of ether oxygens (including phenoxy) is 2. The number of hydrogen-bond acceptors (Lipinski definition) is 6. The maximum atomic E-state index is 13.7. The summed E-state index contributed by atoms with van der Waals surface area (Å²) in [6.07, 6.45) is 1.68. The first-order valence-corrected chi connectivity index (χ1v) is 11.2. The number of carbonyl (C=O) groups excluding carboxylic acids is 2. The van der Waals surface area contributed by atoms with Crippen LogP contribution < -0.4 is 9.64 Å². The van der Waals surface area contributed by atoms with Gasteiger partial charge < -0.3 is 24.2 Å². The smallest absolute Gasteiger partial charge is 0.410 e. The van der Waals surface area contributed by atoms with E-state index in [1.54, 1.807) is 15.9 Å². The topological polar surface area (TPSA) is 75.2 Å². The molecule has 4 heterocycles. The number of piperazine rings is 1. The number of rotatable bonds is 1. The molecule has 2 saturated heterocycles. The number of nitrogens with zero attached hydrogens (tertiary/aromatic N) is 4. The van der Waals surface area contributed by atoms with Gasteiger partial charge in [0.25, 0.3) is 5.91 Å². The van der Waals surface area contributed by atoms with Crippen molar-refractivity contribution in [2.75, 3.05) is 37.7 Å². The van der Waals surface area contributed by atoms with Crippen molar-refractivity contribution in [3.63, 3.8) is 0 Å². The second kappa shape index (κ2) is 7.73. The number of anilines is 1. The van der Waals surface area contributed by atoms with Crippen LogP contribution in [0.5, 0.6) is 5.75 Å². The Hall–Kier alpha value is -2.22. The molecule has 0 saturated carbocycles. The van der Waals surface area contributed by atoms with Crippen LogP contribution >= 0.6 is 11.6 Å². The molecular weight excluding hydrogens is 420 g/mol. The second-order valence-electron chi connectivity index (χ2n) is 10.1. The van der Waals surface area contributed by atoms with Crippen molar-refractivity contribution < 1.29 is 19.1 Å². The van der Waals surface area contributed by atoms with E-state index in [1.807, 2.05) is 20.8 Å². The Balaban J connectivity index is 1.62. The van der Waals surface area contributed by atoms with Gasteiger partial charge in [-0.25, -0.2) is 9.78 Å². The fourth-order valence-electron chi connectivity index (χ4n) is 4.58. The standard InChI is InChI=1S/C22H31ClN4O4/c1-21(2,3)31-20(29)25-9-10-26-14(12-25)13-30-15-11-16(23)24-18(17(15)19(26)28)27-8-6-7-22(27,4)5/h11,14H,6-10,12-13H2,1-5H3/t14-/m1/s1.